The zero-order valence-electron chi connectivity index (χ0n) is 19.3. The molecule has 0 atom stereocenters. The number of hydrogen-bond acceptors (Lipinski definition) is 7. The number of nitrogens with one attached hydrogen (secondary N) is 1. The number of aromatic amines is 1. The molecule has 0 saturated heterocycles. The Morgan fingerprint density at radius 2 is 1.79 bits per heavy atom. The second-order valence-corrected chi connectivity index (χ2v) is 8.51. The topological polar surface area (TPSA) is 115 Å². The Hall–Kier alpha value is -4.14. The summed E-state index contributed by atoms with van der Waals surface area (Å²) in [6.07, 6.45) is 1.55. The third kappa shape index (κ3) is 4.00. The van der Waals surface area contributed by atoms with Gasteiger partial charge in [-0.15, -0.1) is 10.2 Å². The van der Waals surface area contributed by atoms with E-state index in [1.165, 1.54) is 0 Å². The van der Waals surface area contributed by atoms with Gasteiger partial charge in [-0.2, -0.15) is 10.2 Å². The van der Waals surface area contributed by atoms with Crippen molar-refractivity contribution in [2.24, 2.45) is 0 Å². The predicted molar refractivity (Wildman–Crippen MR) is 128 cm³/mol. The van der Waals surface area contributed by atoms with Gasteiger partial charge in [0.05, 0.1) is 6.54 Å². The fourth-order valence-electron chi connectivity index (χ4n) is 3.97. The van der Waals surface area contributed by atoms with E-state index in [2.05, 4.69) is 37.5 Å². The summed E-state index contributed by atoms with van der Waals surface area (Å²) in [5, 5.41) is 14.4. The molecule has 0 unspecified atom stereocenters. The molecule has 0 bridgehead atoms. The molecule has 3 aromatic heterocycles. The molecule has 5 aromatic rings. The van der Waals surface area contributed by atoms with E-state index in [1.807, 2.05) is 62.4 Å². The molecule has 0 aliphatic rings. The van der Waals surface area contributed by atoms with Crippen LogP contribution in [0.25, 0.3) is 33.7 Å². The van der Waals surface area contributed by atoms with Crippen molar-refractivity contribution in [3.8, 4) is 22.5 Å². The van der Waals surface area contributed by atoms with Crippen LogP contribution in [0.5, 0.6) is 0 Å². The van der Waals surface area contributed by atoms with Gasteiger partial charge in [0, 0.05) is 17.9 Å². The van der Waals surface area contributed by atoms with Crippen LogP contribution in [0.15, 0.2) is 57.7 Å². The van der Waals surface area contributed by atoms with Gasteiger partial charge in [-0.25, -0.2) is 4.98 Å². The van der Waals surface area contributed by atoms with Gasteiger partial charge in [0.25, 0.3) is 11.3 Å². The Balaban J connectivity index is 1.50. The Morgan fingerprint density at radius 3 is 2.47 bits per heavy atom. The predicted octanol–water partition coefficient (Wildman–Crippen LogP) is 4.36. The molecule has 9 heteroatoms. The van der Waals surface area contributed by atoms with Gasteiger partial charge in [-0.1, -0.05) is 69.3 Å². The van der Waals surface area contributed by atoms with E-state index in [4.69, 9.17) is 4.42 Å². The molecule has 0 fully saturated rings. The summed E-state index contributed by atoms with van der Waals surface area (Å²) in [6, 6.07) is 16.0. The lowest BCUT2D eigenvalue weighted by molar-refractivity contribution is 0.491. The van der Waals surface area contributed by atoms with E-state index in [1.54, 1.807) is 4.57 Å². The fraction of sp³-hybridized carbons (Fsp3) is 0.280. The number of aromatic nitrogens is 7. The van der Waals surface area contributed by atoms with Crippen LogP contribution in [-0.4, -0.2) is 35.2 Å². The van der Waals surface area contributed by atoms with Crippen molar-refractivity contribution >= 4 is 11.2 Å². The Kier molecular flexibility index (Phi) is 5.75. The molecule has 5 rings (SSSR count). The highest BCUT2D eigenvalue weighted by molar-refractivity contribution is 5.80. The van der Waals surface area contributed by atoms with Gasteiger partial charge in [-0.05, 0) is 28.3 Å². The zero-order chi connectivity index (χ0) is 23.7. The fourth-order valence-corrected chi connectivity index (χ4v) is 3.97. The van der Waals surface area contributed by atoms with Gasteiger partial charge in [0.2, 0.25) is 5.82 Å². The lowest BCUT2D eigenvalue weighted by Crippen LogP contribution is -2.26. The highest BCUT2D eigenvalue weighted by Crippen LogP contribution is 2.30. The van der Waals surface area contributed by atoms with Crippen molar-refractivity contribution in [1.82, 2.24) is 35.2 Å². The lowest BCUT2D eigenvalue weighted by Gasteiger charge is -2.12. The maximum atomic E-state index is 13.3. The molecule has 1 N–H and O–H groups in total. The molecule has 0 radical (unpaired) electrons. The molecule has 0 spiro atoms. The number of rotatable bonds is 7. The van der Waals surface area contributed by atoms with Crippen LogP contribution < -0.4 is 5.56 Å². The summed E-state index contributed by atoms with van der Waals surface area (Å²) < 4.78 is 7.47. The minimum atomic E-state index is -0.171. The summed E-state index contributed by atoms with van der Waals surface area (Å²) in [4.78, 5) is 22.4. The molecule has 0 aliphatic heterocycles. The van der Waals surface area contributed by atoms with Gasteiger partial charge < -0.3 is 4.42 Å². The van der Waals surface area contributed by atoms with Crippen molar-refractivity contribution in [2.75, 3.05) is 0 Å². The average molecular weight is 456 g/mol. The smallest absolute Gasteiger partial charge is 0.283 e. The maximum Gasteiger partial charge on any atom is 0.283 e. The second-order valence-electron chi connectivity index (χ2n) is 8.51. The molecule has 2 aromatic carbocycles. The summed E-state index contributed by atoms with van der Waals surface area (Å²) in [6.45, 7) is 6.44. The van der Waals surface area contributed by atoms with E-state index >= 15 is 0 Å². The maximum absolute atomic E-state index is 13.3. The van der Waals surface area contributed by atoms with Gasteiger partial charge >= 0.3 is 0 Å². The van der Waals surface area contributed by atoms with E-state index in [-0.39, 0.29) is 17.0 Å². The molecule has 0 amide bonds. The van der Waals surface area contributed by atoms with E-state index < -0.39 is 0 Å². The molecule has 0 aliphatic carbocycles. The number of nitrogens with zero attached hydrogens (tertiary/aromatic N) is 6. The second kappa shape index (κ2) is 9.01. The monoisotopic (exact) mass is 455 g/mol. The largest absolute Gasteiger partial charge is 0.422 e. The number of fused-ring (bicyclic) bond motifs is 1. The third-order valence-electron chi connectivity index (χ3n) is 5.70. The minimum Gasteiger partial charge on any atom is -0.422 e. The van der Waals surface area contributed by atoms with E-state index in [9.17, 15) is 4.79 Å². The summed E-state index contributed by atoms with van der Waals surface area (Å²) >= 11 is 0. The van der Waals surface area contributed by atoms with Crippen LogP contribution in [0.1, 0.15) is 50.4 Å². The molecule has 0 saturated carbocycles. The first-order valence-corrected chi connectivity index (χ1v) is 11.4. The van der Waals surface area contributed by atoms with Crippen molar-refractivity contribution in [2.45, 2.75) is 46.1 Å². The molecular formula is C25H25N7O2. The van der Waals surface area contributed by atoms with Gasteiger partial charge in [0.15, 0.2) is 11.4 Å². The Morgan fingerprint density at radius 1 is 1.03 bits per heavy atom. The molecular weight excluding hydrogens is 430 g/mol. The molecule has 9 nitrogen and oxygen atoms in total. The Labute approximate surface area is 195 Å². The summed E-state index contributed by atoms with van der Waals surface area (Å²) in [5.74, 6) is 1.87. The van der Waals surface area contributed by atoms with Crippen LogP contribution in [0.3, 0.4) is 0 Å². The van der Waals surface area contributed by atoms with E-state index in [0.29, 0.717) is 36.2 Å². The zero-order valence-corrected chi connectivity index (χ0v) is 19.3. The van der Waals surface area contributed by atoms with Crippen molar-refractivity contribution in [1.29, 1.82) is 0 Å². The minimum absolute atomic E-state index is 0.0829. The number of H-pyrrole nitrogens is 1. The molecule has 3 heterocycles. The number of benzene rings is 2. The standard InChI is InChI=1S/C25H25N7O2/c1-4-7-20-26-24-21(27-23(34-24)15(2)3)25(33)32(20)14-16-10-12-17(13-11-16)18-8-5-6-9-19(18)22-28-30-31-29-22/h5-6,8-13,15H,4,7,14H2,1-3H3,(H,28,29,30,31). The van der Waals surface area contributed by atoms with Crippen LogP contribution in [-0.2, 0) is 13.0 Å². The van der Waals surface area contributed by atoms with Gasteiger partial charge in [-0.3, -0.25) is 9.36 Å². The number of tetrazole rings is 1. The number of oxazole rings is 1. The first kappa shape index (κ1) is 21.7. The molecule has 172 valence electrons. The number of hydrogen-bond donors (Lipinski definition) is 1. The highest BCUT2D eigenvalue weighted by atomic mass is 16.4. The third-order valence-corrected chi connectivity index (χ3v) is 5.70. The van der Waals surface area contributed by atoms with Crippen molar-refractivity contribution < 1.29 is 4.42 Å². The van der Waals surface area contributed by atoms with Crippen molar-refractivity contribution in [3.05, 3.63) is 76.2 Å². The Bertz CT molecular complexity index is 1480. The van der Waals surface area contributed by atoms with Crippen LogP contribution in [0.2, 0.25) is 0 Å². The summed E-state index contributed by atoms with van der Waals surface area (Å²) in [5.41, 5.74) is 4.36. The van der Waals surface area contributed by atoms with Crippen molar-refractivity contribution in [3.63, 3.8) is 0 Å². The van der Waals surface area contributed by atoms with Crippen LogP contribution in [0, 0.1) is 0 Å². The lowest BCUT2D eigenvalue weighted by atomic mass is 9.98. The van der Waals surface area contributed by atoms with Crippen LogP contribution in [0.4, 0.5) is 0 Å². The first-order valence-electron chi connectivity index (χ1n) is 11.4. The van der Waals surface area contributed by atoms with Gasteiger partial charge in [0.1, 0.15) is 5.82 Å². The normalized spacial score (nSPS) is 11.5. The first-order chi connectivity index (χ1) is 16.5. The van der Waals surface area contributed by atoms with E-state index in [0.717, 1.165) is 28.7 Å². The number of aryl methyl sites for hydroxylation is 1. The summed E-state index contributed by atoms with van der Waals surface area (Å²) in [7, 11) is 0. The SMILES string of the molecule is CCCc1nc2oc(C(C)C)nc2c(=O)n1Cc1ccc(-c2ccccc2-c2nn[nH]n2)cc1. The average Bonchev–Trinajstić information content (AvgIpc) is 3.53. The molecule has 34 heavy (non-hydrogen) atoms. The quantitative estimate of drug-likeness (QED) is 0.388. The highest BCUT2D eigenvalue weighted by Gasteiger charge is 2.18. The van der Waals surface area contributed by atoms with Crippen LogP contribution >= 0.6 is 0 Å².